The standard InChI is InChI=1S/C84H56N4O2Si2/c1-5-27-65(28-6-1)91(66-29-7-2-8-30-66)87(63-45-47-71-69-35-13-17-39-77(69)85(79(71)55-63)61-25-21-23-57(51-61)59-43-49-83-75(53-59)73-37-15-19-41-81(73)89-83)92(67-31-9-3-10-32-67,68-33-11-4-12-34-68)88(91)64-46-48-72-70-36-14-18-40-78(70)86(80(72)56-64)62-26-22-24-58(52-62)60-44-50-84-76(54-60)74-38-16-20-42-82(74)90-84/h1-56H. The van der Waals surface area contributed by atoms with Gasteiger partial charge in [0, 0.05) is 65.8 Å². The molecule has 19 rings (SSSR count). The Morgan fingerprint density at radius 2 is 0.522 bits per heavy atom. The normalized spacial score (nSPS) is 13.8. The molecule has 0 N–H and O–H groups in total. The van der Waals surface area contributed by atoms with E-state index in [2.05, 4.69) is 345 Å². The van der Waals surface area contributed by atoms with E-state index in [4.69, 9.17) is 8.83 Å². The van der Waals surface area contributed by atoms with E-state index in [-0.39, 0.29) is 0 Å². The van der Waals surface area contributed by atoms with Crippen LogP contribution in [0.15, 0.2) is 349 Å². The lowest BCUT2D eigenvalue weighted by molar-refractivity contribution is 0.668. The number of nitrogens with zero attached hydrogens (tertiary/aromatic N) is 4. The maximum atomic E-state index is 6.31. The fourth-order valence-electron chi connectivity index (χ4n) is 15.6. The molecule has 0 spiro atoms. The van der Waals surface area contributed by atoms with Crippen LogP contribution in [0, 0.1) is 0 Å². The molecule has 92 heavy (non-hydrogen) atoms. The largest absolute Gasteiger partial charge is 0.456 e. The maximum Gasteiger partial charge on any atom is 0.318 e. The van der Waals surface area contributed by atoms with Gasteiger partial charge in [-0.15, -0.1) is 0 Å². The predicted octanol–water partition coefficient (Wildman–Crippen LogP) is 18.9. The van der Waals surface area contributed by atoms with Crippen LogP contribution >= 0.6 is 0 Å². The third kappa shape index (κ3) is 7.59. The van der Waals surface area contributed by atoms with Crippen LogP contribution in [0.1, 0.15) is 0 Å². The number of hydrogen-bond acceptors (Lipinski definition) is 4. The van der Waals surface area contributed by atoms with Gasteiger partial charge in [-0.3, -0.25) is 0 Å². The summed E-state index contributed by atoms with van der Waals surface area (Å²) in [5.41, 5.74) is 17.3. The molecule has 0 atom stereocenters. The SMILES string of the molecule is c1ccc([Si]2(c3ccccc3)N(c3ccc4c5ccccc5n(-c5cccc(-c6ccc7oc8ccccc8c7c6)c5)c4c3)[Si](c3ccccc3)(c3ccccc3)N2c2ccc3c4ccccc4n(-c4cccc(-c5ccc6oc7ccccc7c6c5)c4)c3c2)cc1. The van der Waals surface area contributed by atoms with Crippen LogP contribution in [0.25, 0.3) is 121 Å². The van der Waals surface area contributed by atoms with E-state index in [0.717, 1.165) is 99.6 Å². The summed E-state index contributed by atoms with van der Waals surface area (Å²) < 4.78 is 23.7. The Balaban J connectivity index is 0.863. The molecule has 1 aliphatic heterocycles. The van der Waals surface area contributed by atoms with Crippen LogP contribution in [-0.2, 0) is 0 Å². The topological polar surface area (TPSA) is 42.6 Å². The molecule has 1 saturated heterocycles. The second kappa shape index (κ2) is 20.4. The minimum absolute atomic E-state index is 0.890. The highest BCUT2D eigenvalue weighted by molar-refractivity contribution is 7.38. The lowest BCUT2D eigenvalue weighted by Gasteiger charge is -2.73. The molecule has 4 aromatic heterocycles. The number of fused-ring (bicyclic) bond motifs is 12. The van der Waals surface area contributed by atoms with Gasteiger partial charge >= 0.3 is 16.8 Å². The molecular formula is C84H56N4O2Si2. The Kier molecular flexibility index (Phi) is 11.6. The number of furan rings is 2. The summed E-state index contributed by atoms with van der Waals surface area (Å²) in [6.07, 6.45) is 0. The van der Waals surface area contributed by atoms with Crippen LogP contribution in [0.5, 0.6) is 0 Å². The molecule has 1 fully saturated rings. The number of para-hydroxylation sites is 4. The maximum absolute atomic E-state index is 6.31. The molecule has 18 aromatic rings. The number of anilines is 2. The van der Waals surface area contributed by atoms with Crippen LogP contribution in [0.2, 0.25) is 0 Å². The van der Waals surface area contributed by atoms with Crippen molar-refractivity contribution < 1.29 is 8.83 Å². The Bertz CT molecular complexity index is 5480. The van der Waals surface area contributed by atoms with E-state index < -0.39 is 16.8 Å². The van der Waals surface area contributed by atoms with Crippen molar-refractivity contribution in [2.75, 3.05) is 8.46 Å². The number of benzene rings is 14. The van der Waals surface area contributed by atoms with E-state index in [0.29, 0.717) is 0 Å². The Morgan fingerprint density at radius 1 is 0.196 bits per heavy atom. The molecular weight excluding hydrogens is 1150 g/mol. The van der Waals surface area contributed by atoms with Gasteiger partial charge in [-0.25, -0.2) is 0 Å². The minimum atomic E-state index is -3.47. The summed E-state index contributed by atoms with van der Waals surface area (Å²) in [5.74, 6) is 0. The van der Waals surface area contributed by atoms with E-state index >= 15 is 0 Å². The van der Waals surface area contributed by atoms with E-state index in [1.165, 1.54) is 53.7 Å². The van der Waals surface area contributed by atoms with Crippen LogP contribution in [0.4, 0.5) is 11.4 Å². The van der Waals surface area contributed by atoms with Gasteiger partial charge in [0.05, 0.1) is 22.1 Å². The van der Waals surface area contributed by atoms with Crippen molar-refractivity contribution >= 4 is 136 Å². The Labute approximate surface area is 532 Å². The Hall–Kier alpha value is -11.7. The number of rotatable bonds is 10. The van der Waals surface area contributed by atoms with Crippen LogP contribution in [0.3, 0.4) is 0 Å². The second-order valence-electron chi connectivity index (χ2n) is 24.3. The minimum Gasteiger partial charge on any atom is -0.456 e. The average molecular weight is 1210 g/mol. The zero-order chi connectivity index (χ0) is 60.5. The average Bonchev–Trinajstić information content (AvgIpc) is 0.794. The lowest BCUT2D eigenvalue weighted by Crippen LogP contribution is -3.07. The van der Waals surface area contributed by atoms with Crippen molar-refractivity contribution in [1.29, 1.82) is 0 Å². The second-order valence-corrected chi connectivity index (χ2v) is 32.0. The molecule has 5 heterocycles. The van der Waals surface area contributed by atoms with E-state index in [1.807, 2.05) is 12.1 Å². The number of hydrogen-bond donors (Lipinski definition) is 0. The fraction of sp³-hybridized carbons (Fsp3) is 0. The first kappa shape index (κ1) is 52.3. The fourth-order valence-corrected chi connectivity index (χ4v) is 30.8. The first-order valence-corrected chi connectivity index (χ1v) is 35.3. The quantitative estimate of drug-likeness (QED) is 0.128. The van der Waals surface area contributed by atoms with Gasteiger partial charge in [-0.05, 0) is 140 Å². The third-order valence-corrected chi connectivity index (χ3v) is 31.5. The summed E-state index contributed by atoms with van der Waals surface area (Å²) in [7, 11) is -6.93. The van der Waals surface area contributed by atoms with Crippen molar-refractivity contribution in [3.63, 3.8) is 0 Å². The smallest absolute Gasteiger partial charge is 0.318 e. The molecule has 0 radical (unpaired) electrons. The molecule has 0 unspecified atom stereocenters. The molecule has 0 bridgehead atoms. The van der Waals surface area contributed by atoms with Gasteiger partial charge in [-0.1, -0.05) is 243 Å². The van der Waals surface area contributed by atoms with Gasteiger partial charge in [0.25, 0.3) is 0 Å². The number of aromatic nitrogens is 2. The van der Waals surface area contributed by atoms with Gasteiger partial charge in [0.1, 0.15) is 22.3 Å². The van der Waals surface area contributed by atoms with E-state index in [9.17, 15) is 0 Å². The highest BCUT2D eigenvalue weighted by Gasteiger charge is 2.75. The van der Waals surface area contributed by atoms with Crippen LogP contribution < -0.4 is 29.2 Å². The van der Waals surface area contributed by atoms with Crippen molar-refractivity contribution in [2.24, 2.45) is 0 Å². The molecule has 1 aliphatic rings. The van der Waals surface area contributed by atoms with Crippen molar-refractivity contribution in [3.8, 4) is 33.6 Å². The summed E-state index contributed by atoms with van der Waals surface area (Å²) in [5, 5.41) is 14.5. The monoisotopic (exact) mass is 1210 g/mol. The van der Waals surface area contributed by atoms with Crippen molar-refractivity contribution in [1.82, 2.24) is 9.13 Å². The molecule has 8 heteroatoms. The highest BCUT2D eigenvalue weighted by atomic mass is 28.5. The van der Waals surface area contributed by atoms with Gasteiger partial charge < -0.3 is 26.4 Å². The Morgan fingerprint density at radius 3 is 0.924 bits per heavy atom. The molecule has 0 saturated carbocycles. The molecule has 14 aromatic carbocycles. The van der Waals surface area contributed by atoms with E-state index in [1.54, 1.807) is 0 Å². The van der Waals surface area contributed by atoms with Crippen LogP contribution in [-0.4, -0.2) is 25.9 Å². The van der Waals surface area contributed by atoms with Gasteiger partial charge in [0.2, 0.25) is 0 Å². The molecule has 432 valence electrons. The van der Waals surface area contributed by atoms with Gasteiger partial charge in [-0.2, -0.15) is 0 Å². The lowest BCUT2D eigenvalue weighted by atomic mass is 10.0. The van der Waals surface area contributed by atoms with Crippen molar-refractivity contribution in [3.05, 3.63) is 340 Å². The zero-order valence-corrected chi connectivity index (χ0v) is 51.9. The first-order valence-electron chi connectivity index (χ1n) is 31.5. The van der Waals surface area contributed by atoms with Gasteiger partial charge in [0.15, 0.2) is 0 Å². The summed E-state index contributed by atoms with van der Waals surface area (Å²) in [6.45, 7) is 0. The molecule has 6 nitrogen and oxygen atoms in total. The summed E-state index contributed by atoms with van der Waals surface area (Å²) in [6, 6.07) is 127. The summed E-state index contributed by atoms with van der Waals surface area (Å²) in [4.78, 5) is 0. The zero-order valence-electron chi connectivity index (χ0n) is 49.9. The third-order valence-electron chi connectivity index (χ3n) is 19.5. The summed E-state index contributed by atoms with van der Waals surface area (Å²) >= 11 is 0. The first-order chi connectivity index (χ1) is 45.6. The predicted molar refractivity (Wildman–Crippen MR) is 388 cm³/mol. The highest BCUT2D eigenvalue weighted by Crippen LogP contribution is 2.49. The molecule has 0 amide bonds. The molecule has 0 aliphatic carbocycles. The van der Waals surface area contributed by atoms with Crippen molar-refractivity contribution in [2.45, 2.75) is 0 Å².